The van der Waals surface area contributed by atoms with E-state index in [4.69, 9.17) is 5.73 Å². The van der Waals surface area contributed by atoms with Crippen molar-refractivity contribution in [3.63, 3.8) is 0 Å². The molecule has 19 heavy (non-hydrogen) atoms. The Hall–Kier alpha value is -0.950. The number of hydrogen-bond acceptors (Lipinski definition) is 6. The smallest absolute Gasteiger partial charge is 0.265 e. The van der Waals surface area contributed by atoms with Crippen molar-refractivity contribution in [3.05, 3.63) is 4.88 Å². The molecule has 0 aromatic carbocycles. The summed E-state index contributed by atoms with van der Waals surface area (Å²) in [4.78, 5) is 16.7. The predicted molar refractivity (Wildman–Crippen MR) is 83.1 cm³/mol. The van der Waals surface area contributed by atoms with Crippen molar-refractivity contribution in [2.45, 2.75) is 38.0 Å². The molecular weight excluding hydrogens is 280 g/mol. The Morgan fingerprint density at radius 1 is 1.58 bits per heavy atom. The normalized spacial score (nSPS) is 18.8. The summed E-state index contributed by atoms with van der Waals surface area (Å²) in [6, 6.07) is 0.274. The first-order chi connectivity index (χ1) is 9.06. The van der Waals surface area contributed by atoms with Gasteiger partial charge < -0.3 is 16.4 Å². The minimum absolute atomic E-state index is 0.112. The van der Waals surface area contributed by atoms with Gasteiger partial charge in [0.2, 0.25) is 0 Å². The standard InChI is InChI=1S/C12H20N4OS2/c1-7(2)15-12-16-10(13)9(19-12)11(17)14-6-8-4-3-5-18-8/h7-8H,3-6,13H2,1-2H3,(H,14,17)(H,15,16). The van der Waals surface area contributed by atoms with Crippen LogP contribution in [-0.4, -0.2) is 34.5 Å². The Bertz CT molecular complexity index is 441. The third-order valence-corrected chi connectivity index (χ3v) is 5.19. The number of aromatic nitrogens is 1. The fraction of sp³-hybridized carbons (Fsp3) is 0.667. The van der Waals surface area contributed by atoms with E-state index in [1.165, 1.54) is 29.9 Å². The van der Waals surface area contributed by atoms with Gasteiger partial charge in [0, 0.05) is 17.8 Å². The van der Waals surface area contributed by atoms with Crippen LogP contribution < -0.4 is 16.4 Å². The van der Waals surface area contributed by atoms with Gasteiger partial charge in [-0.25, -0.2) is 4.98 Å². The molecule has 1 aliphatic heterocycles. The first kappa shape index (κ1) is 14.5. The molecule has 1 amide bonds. The van der Waals surface area contributed by atoms with E-state index in [0.29, 0.717) is 27.6 Å². The molecule has 2 rings (SSSR count). The minimum atomic E-state index is -0.112. The van der Waals surface area contributed by atoms with E-state index in [1.54, 1.807) is 0 Å². The lowest BCUT2D eigenvalue weighted by Crippen LogP contribution is -2.29. The maximum Gasteiger partial charge on any atom is 0.265 e. The van der Waals surface area contributed by atoms with Crippen LogP contribution in [0, 0.1) is 0 Å². The Morgan fingerprint density at radius 2 is 2.37 bits per heavy atom. The summed E-state index contributed by atoms with van der Waals surface area (Å²) in [7, 11) is 0. The van der Waals surface area contributed by atoms with E-state index in [-0.39, 0.29) is 11.9 Å². The molecule has 7 heteroatoms. The summed E-state index contributed by atoms with van der Waals surface area (Å²) in [6.45, 7) is 4.76. The number of nitrogens with one attached hydrogen (secondary N) is 2. The van der Waals surface area contributed by atoms with Gasteiger partial charge in [-0.15, -0.1) is 0 Å². The van der Waals surface area contributed by atoms with Gasteiger partial charge in [0.1, 0.15) is 10.7 Å². The summed E-state index contributed by atoms with van der Waals surface area (Å²) < 4.78 is 0. The zero-order valence-corrected chi connectivity index (χ0v) is 12.9. The van der Waals surface area contributed by atoms with E-state index in [9.17, 15) is 4.79 Å². The van der Waals surface area contributed by atoms with Crippen LogP contribution in [0.4, 0.5) is 10.9 Å². The van der Waals surface area contributed by atoms with E-state index >= 15 is 0 Å². The highest BCUT2D eigenvalue weighted by Gasteiger charge is 2.20. The highest BCUT2D eigenvalue weighted by Crippen LogP contribution is 2.27. The Kier molecular flexibility index (Phi) is 4.93. The Labute approximate surface area is 121 Å². The van der Waals surface area contributed by atoms with Crippen LogP contribution in [0.15, 0.2) is 0 Å². The SMILES string of the molecule is CC(C)Nc1nc(N)c(C(=O)NCC2CCCS2)s1. The van der Waals surface area contributed by atoms with Gasteiger partial charge >= 0.3 is 0 Å². The summed E-state index contributed by atoms with van der Waals surface area (Å²) in [5.74, 6) is 1.40. The average Bonchev–Trinajstić information content (AvgIpc) is 2.95. The Balaban J connectivity index is 1.92. The number of nitrogen functional groups attached to an aromatic ring is 1. The molecule has 1 unspecified atom stereocenters. The topological polar surface area (TPSA) is 80.0 Å². The molecular formula is C12H20N4OS2. The van der Waals surface area contributed by atoms with Gasteiger partial charge in [-0.2, -0.15) is 11.8 Å². The second-order valence-electron chi connectivity index (χ2n) is 4.88. The zero-order valence-electron chi connectivity index (χ0n) is 11.2. The van der Waals surface area contributed by atoms with Gasteiger partial charge in [0.05, 0.1) is 0 Å². The molecule has 4 N–H and O–H groups in total. The van der Waals surface area contributed by atoms with E-state index < -0.39 is 0 Å². The lowest BCUT2D eigenvalue weighted by atomic mass is 10.2. The first-order valence-electron chi connectivity index (χ1n) is 6.49. The molecule has 0 spiro atoms. The number of carbonyl (C=O) groups excluding carboxylic acids is 1. The van der Waals surface area contributed by atoms with Crippen LogP contribution in [0.2, 0.25) is 0 Å². The second-order valence-corrected chi connectivity index (χ2v) is 7.28. The predicted octanol–water partition coefficient (Wildman–Crippen LogP) is 2.17. The lowest BCUT2D eigenvalue weighted by molar-refractivity contribution is 0.0958. The van der Waals surface area contributed by atoms with E-state index in [0.717, 1.165) is 0 Å². The monoisotopic (exact) mass is 300 g/mol. The number of nitrogens with two attached hydrogens (primary N) is 1. The molecule has 0 aliphatic carbocycles. The molecule has 1 aliphatic rings. The zero-order chi connectivity index (χ0) is 13.8. The number of hydrogen-bond donors (Lipinski definition) is 3. The van der Waals surface area contributed by atoms with Gasteiger partial charge in [0.15, 0.2) is 5.13 Å². The van der Waals surface area contributed by atoms with Crippen molar-refractivity contribution in [1.29, 1.82) is 0 Å². The van der Waals surface area contributed by atoms with Crippen LogP contribution in [0.3, 0.4) is 0 Å². The van der Waals surface area contributed by atoms with Gasteiger partial charge in [-0.3, -0.25) is 4.79 Å². The maximum absolute atomic E-state index is 12.1. The van der Waals surface area contributed by atoms with Crippen molar-refractivity contribution in [2.24, 2.45) is 0 Å². The number of amides is 1. The number of carbonyl (C=O) groups is 1. The number of thioether (sulfide) groups is 1. The lowest BCUT2D eigenvalue weighted by Gasteiger charge is -2.09. The minimum Gasteiger partial charge on any atom is -0.382 e. The molecule has 1 aromatic rings. The van der Waals surface area contributed by atoms with Crippen LogP contribution >= 0.6 is 23.1 Å². The molecule has 0 bridgehead atoms. The maximum atomic E-state index is 12.1. The average molecular weight is 300 g/mol. The van der Waals surface area contributed by atoms with E-state index in [1.807, 2.05) is 25.6 Å². The molecule has 0 radical (unpaired) electrons. The molecule has 2 heterocycles. The van der Waals surface area contributed by atoms with Gasteiger partial charge in [-0.1, -0.05) is 11.3 Å². The second kappa shape index (κ2) is 6.47. The molecule has 0 saturated carbocycles. The molecule has 1 aromatic heterocycles. The Morgan fingerprint density at radius 3 is 3.00 bits per heavy atom. The van der Waals surface area contributed by atoms with Crippen molar-refractivity contribution < 1.29 is 4.79 Å². The van der Waals surface area contributed by atoms with Crippen molar-refractivity contribution in [2.75, 3.05) is 23.3 Å². The van der Waals surface area contributed by atoms with E-state index in [2.05, 4.69) is 15.6 Å². The summed E-state index contributed by atoms with van der Waals surface area (Å²) >= 11 is 3.24. The number of nitrogens with zero attached hydrogens (tertiary/aromatic N) is 1. The van der Waals surface area contributed by atoms with Crippen LogP contribution in [0.5, 0.6) is 0 Å². The molecule has 1 saturated heterocycles. The molecule has 1 atom stereocenters. The van der Waals surface area contributed by atoms with Gasteiger partial charge in [-0.05, 0) is 32.4 Å². The quantitative estimate of drug-likeness (QED) is 0.776. The highest BCUT2D eigenvalue weighted by molar-refractivity contribution is 8.00. The number of thiazole rings is 1. The summed E-state index contributed by atoms with van der Waals surface area (Å²) in [6.07, 6.45) is 2.43. The van der Waals surface area contributed by atoms with Gasteiger partial charge in [0.25, 0.3) is 5.91 Å². The number of anilines is 2. The number of rotatable bonds is 5. The molecule has 1 fully saturated rings. The summed E-state index contributed by atoms with van der Waals surface area (Å²) in [5.41, 5.74) is 5.80. The van der Waals surface area contributed by atoms with Crippen molar-refractivity contribution >= 4 is 40.0 Å². The highest BCUT2D eigenvalue weighted by atomic mass is 32.2. The molecule has 5 nitrogen and oxygen atoms in total. The fourth-order valence-corrected chi connectivity index (χ4v) is 4.04. The van der Waals surface area contributed by atoms with Crippen LogP contribution in [0.1, 0.15) is 36.4 Å². The third kappa shape index (κ3) is 4.01. The van der Waals surface area contributed by atoms with Crippen LogP contribution in [-0.2, 0) is 0 Å². The fourth-order valence-electron chi connectivity index (χ4n) is 1.90. The van der Waals surface area contributed by atoms with Crippen molar-refractivity contribution in [3.8, 4) is 0 Å². The molecule has 106 valence electrons. The first-order valence-corrected chi connectivity index (χ1v) is 8.35. The van der Waals surface area contributed by atoms with Crippen LogP contribution in [0.25, 0.3) is 0 Å². The largest absolute Gasteiger partial charge is 0.382 e. The third-order valence-electron chi connectivity index (χ3n) is 2.79. The van der Waals surface area contributed by atoms with Crippen molar-refractivity contribution in [1.82, 2.24) is 10.3 Å². The summed E-state index contributed by atoms with van der Waals surface area (Å²) in [5, 5.41) is 7.36.